The second kappa shape index (κ2) is 5.38. The summed E-state index contributed by atoms with van der Waals surface area (Å²) in [5.74, 6) is 0.196. The van der Waals surface area contributed by atoms with E-state index in [0.717, 1.165) is 23.8 Å². The van der Waals surface area contributed by atoms with Crippen LogP contribution < -0.4 is 0 Å². The Morgan fingerprint density at radius 3 is 2.71 bits per heavy atom. The number of nitrogens with zero attached hydrogens (tertiary/aromatic N) is 3. The summed E-state index contributed by atoms with van der Waals surface area (Å²) in [5, 5.41) is 9.27. The molecular weight excluding hydrogens is 359 g/mol. The fourth-order valence-electron chi connectivity index (χ4n) is 2.49. The molecule has 9 heteroatoms. The largest absolute Gasteiger partial charge is 0.423 e. The number of halogens is 3. The number of thiophene rings is 2. The zero-order valence-corrected chi connectivity index (χ0v) is 13.7. The molecule has 0 N–H and O–H groups in total. The first-order valence-corrected chi connectivity index (χ1v) is 8.46. The van der Waals surface area contributed by atoms with Crippen molar-refractivity contribution in [1.29, 1.82) is 0 Å². The molecular formula is C15H8F3N3OS2. The molecule has 0 unspecified atom stereocenters. The number of rotatable bonds is 2. The molecule has 0 aliphatic heterocycles. The van der Waals surface area contributed by atoms with E-state index < -0.39 is 11.7 Å². The normalized spacial score (nSPS) is 12.2. The van der Waals surface area contributed by atoms with Crippen molar-refractivity contribution < 1.29 is 17.6 Å². The van der Waals surface area contributed by atoms with Crippen LogP contribution in [0.1, 0.15) is 11.1 Å². The van der Waals surface area contributed by atoms with Crippen LogP contribution in [0.4, 0.5) is 13.2 Å². The van der Waals surface area contributed by atoms with Crippen LogP contribution in [-0.4, -0.2) is 15.2 Å². The molecule has 0 bridgehead atoms. The van der Waals surface area contributed by atoms with Gasteiger partial charge in [-0.1, -0.05) is 6.07 Å². The maximum Gasteiger partial charge on any atom is 0.417 e. The summed E-state index contributed by atoms with van der Waals surface area (Å²) in [6, 6.07) is 4.63. The Hall–Kier alpha value is -2.26. The van der Waals surface area contributed by atoms with Crippen LogP contribution in [0.15, 0.2) is 34.4 Å². The van der Waals surface area contributed by atoms with Crippen molar-refractivity contribution in [3.05, 3.63) is 41.1 Å². The van der Waals surface area contributed by atoms with Gasteiger partial charge < -0.3 is 4.42 Å². The van der Waals surface area contributed by atoms with E-state index in [1.807, 2.05) is 0 Å². The molecule has 0 aliphatic rings. The van der Waals surface area contributed by atoms with E-state index >= 15 is 0 Å². The molecule has 4 aromatic rings. The molecule has 4 rings (SSSR count). The summed E-state index contributed by atoms with van der Waals surface area (Å²) in [6.07, 6.45) is -3.33. The van der Waals surface area contributed by atoms with Crippen molar-refractivity contribution >= 4 is 32.9 Å². The average Bonchev–Trinajstić information content (AvgIpc) is 3.26. The molecule has 0 spiro atoms. The first kappa shape index (κ1) is 15.3. The van der Waals surface area contributed by atoms with Crippen LogP contribution in [0.2, 0.25) is 0 Å². The predicted octanol–water partition coefficient (Wildman–Crippen LogP) is 5.40. The van der Waals surface area contributed by atoms with Gasteiger partial charge in [0.05, 0.1) is 21.0 Å². The SMILES string of the molecule is Cc1c(-c2nnco2)sc2nc(-c3cccs3)cc(C(F)(F)F)c12. The van der Waals surface area contributed by atoms with Crippen molar-refractivity contribution in [1.82, 2.24) is 15.2 Å². The standard InChI is InChI=1S/C15H8F3N3OS2/c1-7-11-8(15(16,17)18)5-9(10-3-2-4-23-10)20-14(11)24-12(7)13-21-19-6-22-13/h2-6H,1H3. The molecule has 122 valence electrons. The molecule has 0 saturated heterocycles. The van der Waals surface area contributed by atoms with Crippen LogP contribution in [-0.2, 0) is 6.18 Å². The lowest BCUT2D eigenvalue weighted by Gasteiger charge is -2.10. The highest BCUT2D eigenvalue weighted by atomic mass is 32.1. The Morgan fingerprint density at radius 2 is 2.08 bits per heavy atom. The number of pyridine rings is 1. The fourth-order valence-corrected chi connectivity index (χ4v) is 4.31. The highest BCUT2D eigenvalue weighted by Gasteiger charge is 2.36. The number of alkyl halides is 3. The van der Waals surface area contributed by atoms with Crippen molar-refractivity contribution in [2.75, 3.05) is 0 Å². The summed E-state index contributed by atoms with van der Waals surface area (Å²) in [6.45, 7) is 1.61. The molecule has 4 nitrogen and oxygen atoms in total. The van der Waals surface area contributed by atoms with Gasteiger partial charge in [0, 0.05) is 5.39 Å². The summed E-state index contributed by atoms with van der Waals surface area (Å²) >= 11 is 2.47. The summed E-state index contributed by atoms with van der Waals surface area (Å²) in [4.78, 5) is 5.92. The number of fused-ring (bicyclic) bond motifs is 1. The highest BCUT2D eigenvalue weighted by Crippen LogP contribution is 2.44. The van der Waals surface area contributed by atoms with Crippen LogP contribution >= 0.6 is 22.7 Å². The smallest absolute Gasteiger partial charge is 0.417 e. The Morgan fingerprint density at radius 1 is 1.25 bits per heavy atom. The van der Waals surface area contributed by atoms with Gasteiger partial charge in [0.1, 0.15) is 4.83 Å². The van der Waals surface area contributed by atoms with E-state index in [4.69, 9.17) is 4.42 Å². The van der Waals surface area contributed by atoms with Gasteiger partial charge in [0.25, 0.3) is 5.89 Å². The Balaban J connectivity index is 2.05. The third-order valence-corrected chi connectivity index (χ3v) is 5.60. The van der Waals surface area contributed by atoms with Crippen molar-refractivity contribution in [2.45, 2.75) is 13.1 Å². The molecule has 4 aromatic heterocycles. The average molecular weight is 367 g/mol. The van der Waals surface area contributed by atoms with Crippen LogP contribution in [0.25, 0.3) is 31.6 Å². The van der Waals surface area contributed by atoms with Gasteiger partial charge in [-0.05, 0) is 30.0 Å². The number of aryl methyl sites for hydroxylation is 1. The van der Waals surface area contributed by atoms with E-state index in [1.54, 1.807) is 24.4 Å². The zero-order valence-electron chi connectivity index (χ0n) is 12.1. The van der Waals surface area contributed by atoms with E-state index in [-0.39, 0.29) is 11.3 Å². The lowest BCUT2D eigenvalue weighted by Crippen LogP contribution is -2.07. The van der Waals surface area contributed by atoms with E-state index in [0.29, 0.717) is 25.8 Å². The third kappa shape index (κ3) is 2.40. The quantitative estimate of drug-likeness (QED) is 0.476. The molecule has 0 aliphatic carbocycles. The summed E-state index contributed by atoms with van der Waals surface area (Å²) in [7, 11) is 0. The summed E-state index contributed by atoms with van der Waals surface area (Å²) < 4.78 is 45.9. The lowest BCUT2D eigenvalue weighted by atomic mass is 10.1. The number of aromatic nitrogens is 3. The van der Waals surface area contributed by atoms with Gasteiger partial charge >= 0.3 is 6.18 Å². The maximum absolute atomic E-state index is 13.6. The third-order valence-electron chi connectivity index (χ3n) is 3.53. The van der Waals surface area contributed by atoms with E-state index in [2.05, 4.69) is 15.2 Å². The molecule has 0 atom stereocenters. The van der Waals surface area contributed by atoms with Gasteiger partial charge in [-0.15, -0.1) is 32.9 Å². The second-order valence-corrected chi connectivity index (χ2v) is 6.96. The van der Waals surface area contributed by atoms with Crippen molar-refractivity contribution in [3.8, 4) is 21.3 Å². The van der Waals surface area contributed by atoms with Gasteiger partial charge in [-0.25, -0.2) is 4.98 Å². The molecule has 0 aromatic carbocycles. The topological polar surface area (TPSA) is 51.8 Å². The van der Waals surface area contributed by atoms with E-state index in [1.165, 1.54) is 11.3 Å². The molecule has 24 heavy (non-hydrogen) atoms. The molecule has 0 radical (unpaired) electrons. The van der Waals surface area contributed by atoms with Crippen LogP contribution in [0, 0.1) is 6.92 Å². The number of hydrogen-bond donors (Lipinski definition) is 0. The van der Waals surface area contributed by atoms with Crippen molar-refractivity contribution in [2.24, 2.45) is 0 Å². The zero-order chi connectivity index (χ0) is 16.9. The van der Waals surface area contributed by atoms with Crippen LogP contribution in [0.3, 0.4) is 0 Å². The molecule has 4 heterocycles. The minimum atomic E-state index is -4.48. The monoisotopic (exact) mass is 367 g/mol. The first-order chi connectivity index (χ1) is 11.4. The first-order valence-electron chi connectivity index (χ1n) is 6.77. The van der Waals surface area contributed by atoms with E-state index in [9.17, 15) is 13.2 Å². The Bertz CT molecular complexity index is 1010. The maximum atomic E-state index is 13.6. The summed E-state index contributed by atoms with van der Waals surface area (Å²) in [5.41, 5.74) is 0.0513. The lowest BCUT2D eigenvalue weighted by molar-refractivity contribution is -0.136. The fraction of sp³-hybridized carbons (Fsp3) is 0.133. The van der Waals surface area contributed by atoms with Crippen molar-refractivity contribution in [3.63, 3.8) is 0 Å². The van der Waals surface area contributed by atoms with Gasteiger partial charge in [0.2, 0.25) is 6.39 Å². The molecule has 0 fully saturated rings. The molecule has 0 saturated carbocycles. The highest BCUT2D eigenvalue weighted by molar-refractivity contribution is 7.22. The van der Waals surface area contributed by atoms with Gasteiger partial charge in [-0.3, -0.25) is 0 Å². The van der Waals surface area contributed by atoms with Gasteiger partial charge in [0.15, 0.2) is 0 Å². The predicted molar refractivity (Wildman–Crippen MR) is 86.0 cm³/mol. The minimum Gasteiger partial charge on any atom is -0.423 e. The molecule has 0 amide bonds. The second-order valence-electron chi connectivity index (χ2n) is 5.01. The van der Waals surface area contributed by atoms with Gasteiger partial charge in [-0.2, -0.15) is 13.2 Å². The Kier molecular flexibility index (Phi) is 3.43. The number of hydrogen-bond acceptors (Lipinski definition) is 6. The Labute approximate surface area is 141 Å². The van der Waals surface area contributed by atoms with Crippen LogP contribution in [0.5, 0.6) is 0 Å². The minimum absolute atomic E-state index is 0.0843.